The SMILES string of the molecule is Cc1cc(=O)cc2sc3cc(Cl)ccc3nc1-2. The standard InChI is InChI=1S/C13H8ClNOS/c1-7-4-9(16)6-12-13(7)15-10-3-2-8(14)5-11(10)17-12/h2-6H,1H3. The van der Waals surface area contributed by atoms with Gasteiger partial charge in [-0.05, 0) is 36.8 Å². The smallest absolute Gasteiger partial charge is 0.180 e. The summed E-state index contributed by atoms with van der Waals surface area (Å²) >= 11 is 7.50. The molecule has 1 aliphatic heterocycles. The number of fused-ring (bicyclic) bond motifs is 2. The van der Waals surface area contributed by atoms with Gasteiger partial charge in [0.25, 0.3) is 0 Å². The van der Waals surface area contributed by atoms with Gasteiger partial charge in [-0.3, -0.25) is 4.79 Å². The molecule has 0 aromatic heterocycles. The van der Waals surface area contributed by atoms with Crippen LogP contribution in [0.25, 0.3) is 20.8 Å². The molecular weight excluding hydrogens is 254 g/mol. The number of aryl methyl sites for hydroxylation is 1. The molecule has 0 unspecified atom stereocenters. The first kappa shape index (κ1) is 10.7. The summed E-state index contributed by atoms with van der Waals surface area (Å²) in [5.41, 5.74) is 2.74. The third kappa shape index (κ3) is 1.81. The summed E-state index contributed by atoms with van der Waals surface area (Å²) in [5.74, 6) is 0. The fourth-order valence-corrected chi connectivity index (χ4v) is 3.19. The largest absolute Gasteiger partial charge is 0.290 e. The Balaban J connectivity index is 2.49. The Bertz CT molecular complexity index is 750. The van der Waals surface area contributed by atoms with Crippen LogP contribution in [-0.2, 0) is 0 Å². The van der Waals surface area contributed by atoms with Gasteiger partial charge in [-0.15, -0.1) is 11.3 Å². The molecule has 2 nitrogen and oxygen atoms in total. The molecule has 3 rings (SSSR count). The van der Waals surface area contributed by atoms with Gasteiger partial charge < -0.3 is 0 Å². The summed E-state index contributed by atoms with van der Waals surface area (Å²) in [6.45, 7) is 1.91. The van der Waals surface area contributed by atoms with E-state index in [-0.39, 0.29) is 5.43 Å². The zero-order valence-corrected chi connectivity index (χ0v) is 10.6. The van der Waals surface area contributed by atoms with Crippen molar-refractivity contribution in [3.63, 3.8) is 0 Å². The van der Waals surface area contributed by atoms with Crippen molar-refractivity contribution in [3.05, 3.63) is 51.1 Å². The molecule has 1 aromatic carbocycles. The van der Waals surface area contributed by atoms with Crippen LogP contribution >= 0.6 is 22.9 Å². The van der Waals surface area contributed by atoms with Crippen molar-refractivity contribution in [1.29, 1.82) is 0 Å². The van der Waals surface area contributed by atoms with E-state index >= 15 is 0 Å². The minimum absolute atomic E-state index is 0.0226. The van der Waals surface area contributed by atoms with E-state index in [2.05, 4.69) is 4.98 Å². The number of hydrogen-bond acceptors (Lipinski definition) is 3. The summed E-state index contributed by atoms with van der Waals surface area (Å²) < 4.78 is 0.995. The number of rotatable bonds is 0. The lowest BCUT2D eigenvalue weighted by Crippen LogP contribution is -2.01. The molecule has 0 saturated carbocycles. The Morgan fingerprint density at radius 2 is 2.06 bits per heavy atom. The van der Waals surface area contributed by atoms with E-state index in [1.807, 2.05) is 25.1 Å². The predicted octanol–water partition coefficient (Wildman–Crippen LogP) is 3.72. The number of nitrogens with zero attached hydrogens (tertiary/aromatic N) is 1. The second kappa shape index (κ2) is 3.79. The Hall–Kier alpha value is -1.45. The molecule has 0 bridgehead atoms. The van der Waals surface area contributed by atoms with E-state index in [0.717, 1.165) is 26.4 Å². The number of halogens is 1. The highest BCUT2D eigenvalue weighted by molar-refractivity contribution is 7.21. The molecule has 0 N–H and O–H groups in total. The van der Waals surface area contributed by atoms with Gasteiger partial charge in [0.15, 0.2) is 5.43 Å². The topological polar surface area (TPSA) is 30.0 Å². The predicted molar refractivity (Wildman–Crippen MR) is 72.3 cm³/mol. The van der Waals surface area contributed by atoms with Crippen molar-refractivity contribution in [1.82, 2.24) is 4.98 Å². The van der Waals surface area contributed by atoms with Crippen molar-refractivity contribution >= 4 is 33.2 Å². The highest BCUT2D eigenvalue weighted by Gasteiger charge is 2.10. The molecule has 0 atom stereocenters. The van der Waals surface area contributed by atoms with Gasteiger partial charge >= 0.3 is 0 Å². The highest BCUT2D eigenvalue weighted by atomic mass is 35.5. The quantitative estimate of drug-likeness (QED) is 0.577. The van der Waals surface area contributed by atoms with Gasteiger partial charge in [0, 0.05) is 11.1 Å². The van der Waals surface area contributed by atoms with Crippen molar-refractivity contribution in [2.75, 3.05) is 0 Å². The fourth-order valence-electron chi connectivity index (χ4n) is 1.84. The van der Waals surface area contributed by atoms with Crippen LogP contribution in [0.5, 0.6) is 0 Å². The van der Waals surface area contributed by atoms with Crippen molar-refractivity contribution in [3.8, 4) is 10.6 Å². The van der Waals surface area contributed by atoms with Gasteiger partial charge in [0.05, 0.1) is 20.8 Å². The highest BCUT2D eigenvalue weighted by Crippen LogP contribution is 2.32. The van der Waals surface area contributed by atoms with Crippen molar-refractivity contribution in [2.45, 2.75) is 6.92 Å². The second-order valence-corrected chi connectivity index (χ2v) is 5.43. The molecule has 0 fully saturated rings. The average molecular weight is 262 g/mol. The van der Waals surface area contributed by atoms with Crippen LogP contribution in [0.4, 0.5) is 0 Å². The first-order valence-corrected chi connectivity index (χ1v) is 6.34. The molecule has 17 heavy (non-hydrogen) atoms. The van der Waals surface area contributed by atoms with E-state index < -0.39 is 0 Å². The van der Waals surface area contributed by atoms with Crippen molar-refractivity contribution < 1.29 is 0 Å². The molecule has 0 radical (unpaired) electrons. The van der Waals surface area contributed by atoms with Gasteiger partial charge in [0.2, 0.25) is 0 Å². The van der Waals surface area contributed by atoms with Gasteiger partial charge in [-0.1, -0.05) is 11.6 Å². The Morgan fingerprint density at radius 3 is 2.88 bits per heavy atom. The maximum atomic E-state index is 11.5. The van der Waals surface area contributed by atoms with E-state index in [1.165, 1.54) is 0 Å². The maximum Gasteiger partial charge on any atom is 0.180 e. The zero-order valence-electron chi connectivity index (χ0n) is 9.03. The molecule has 84 valence electrons. The summed E-state index contributed by atoms with van der Waals surface area (Å²) in [6, 6.07) is 8.84. The lowest BCUT2D eigenvalue weighted by molar-refractivity contribution is 1.33. The van der Waals surface area contributed by atoms with E-state index in [9.17, 15) is 4.79 Å². The molecule has 1 aliphatic carbocycles. The molecule has 1 aromatic rings. The van der Waals surface area contributed by atoms with E-state index in [1.54, 1.807) is 23.5 Å². The molecule has 0 saturated heterocycles. The molecule has 0 amide bonds. The summed E-state index contributed by atoms with van der Waals surface area (Å²) in [7, 11) is 0. The summed E-state index contributed by atoms with van der Waals surface area (Å²) in [6.07, 6.45) is 0. The van der Waals surface area contributed by atoms with Crippen LogP contribution in [0.15, 0.2) is 35.1 Å². The first-order chi connectivity index (χ1) is 8.13. The normalized spacial score (nSPS) is 11.2. The summed E-state index contributed by atoms with van der Waals surface area (Å²) in [4.78, 5) is 16.9. The Kier molecular flexibility index (Phi) is 2.38. The fraction of sp³-hybridized carbons (Fsp3) is 0.0769. The van der Waals surface area contributed by atoms with Crippen LogP contribution < -0.4 is 5.43 Å². The molecule has 2 aliphatic rings. The number of hydrogen-bond donors (Lipinski definition) is 0. The minimum atomic E-state index is 0.0226. The van der Waals surface area contributed by atoms with Crippen molar-refractivity contribution in [2.24, 2.45) is 0 Å². The Morgan fingerprint density at radius 1 is 1.24 bits per heavy atom. The monoisotopic (exact) mass is 261 g/mol. The maximum absolute atomic E-state index is 11.5. The van der Waals surface area contributed by atoms with Crippen LogP contribution in [0, 0.1) is 6.92 Å². The average Bonchev–Trinajstić information content (AvgIpc) is 2.26. The zero-order chi connectivity index (χ0) is 12.0. The minimum Gasteiger partial charge on any atom is -0.290 e. The van der Waals surface area contributed by atoms with Gasteiger partial charge in [-0.2, -0.15) is 0 Å². The second-order valence-electron chi connectivity index (χ2n) is 3.91. The number of benzene rings is 2. The van der Waals surface area contributed by atoms with E-state index in [0.29, 0.717) is 5.02 Å². The first-order valence-electron chi connectivity index (χ1n) is 5.14. The number of aromatic nitrogens is 1. The van der Waals surface area contributed by atoms with Crippen LogP contribution in [-0.4, -0.2) is 4.98 Å². The third-order valence-corrected chi connectivity index (χ3v) is 3.93. The van der Waals surface area contributed by atoms with Gasteiger partial charge in [0.1, 0.15) is 0 Å². The van der Waals surface area contributed by atoms with Gasteiger partial charge in [-0.25, -0.2) is 4.98 Å². The van der Waals surface area contributed by atoms with Crippen LogP contribution in [0.3, 0.4) is 0 Å². The summed E-state index contributed by atoms with van der Waals surface area (Å²) in [5, 5.41) is 0.685. The lowest BCUT2D eigenvalue weighted by Gasteiger charge is -2.08. The molecule has 0 spiro atoms. The Labute approximate surface area is 107 Å². The lowest BCUT2D eigenvalue weighted by atomic mass is 10.1. The van der Waals surface area contributed by atoms with Crippen LogP contribution in [0.1, 0.15) is 5.56 Å². The van der Waals surface area contributed by atoms with E-state index in [4.69, 9.17) is 11.6 Å². The molecular formula is C13H8ClNOS. The molecule has 4 heteroatoms. The third-order valence-electron chi connectivity index (χ3n) is 2.61. The van der Waals surface area contributed by atoms with Crippen LogP contribution in [0.2, 0.25) is 5.02 Å². The molecule has 1 heterocycles.